The molecule has 8 atom stereocenters. The van der Waals surface area contributed by atoms with Crippen molar-refractivity contribution in [1.82, 2.24) is 5.32 Å². The van der Waals surface area contributed by atoms with Gasteiger partial charge >= 0.3 is 10.4 Å². The summed E-state index contributed by atoms with van der Waals surface area (Å²) in [6, 6.07) is -1.03. The number of nitrogens with one attached hydrogen (secondary N) is 1. The van der Waals surface area contributed by atoms with Crippen molar-refractivity contribution in [2.75, 3.05) is 13.2 Å². The molecule has 7 N–H and O–H groups in total. The van der Waals surface area contributed by atoms with Crippen LogP contribution in [0.15, 0.2) is 12.2 Å². The summed E-state index contributed by atoms with van der Waals surface area (Å²) in [5, 5.41) is 54.5. The smallest absolute Gasteiger partial charge is 0.394 e. The second-order valence-corrected chi connectivity index (χ2v) is 12.9. The Bertz CT molecular complexity index is 905. The molecule has 1 amide bonds. The van der Waals surface area contributed by atoms with Crippen LogP contribution in [-0.2, 0) is 28.9 Å². The second-order valence-electron chi connectivity index (χ2n) is 11.9. The predicted octanol–water partition coefficient (Wildman–Crippen LogP) is 2.67. The number of unbranched alkanes of at least 4 members (excludes halogenated alkanes) is 11. The van der Waals surface area contributed by atoms with Crippen LogP contribution >= 0.6 is 0 Å². The zero-order chi connectivity index (χ0) is 33.7. The van der Waals surface area contributed by atoms with Crippen LogP contribution in [-0.4, -0.2) is 107 Å². The van der Waals surface area contributed by atoms with E-state index < -0.39 is 78.5 Å². The topological polar surface area (TPSA) is 212 Å². The average Bonchev–Trinajstić information content (AvgIpc) is 2.99. The fourth-order valence-electron chi connectivity index (χ4n) is 5.15. The summed E-state index contributed by atoms with van der Waals surface area (Å²) in [4.78, 5) is 12.9. The average molecular weight is 670 g/mol. The molecule has 45 heavy (non-hydrogen) atoms. The largest absolute Gasteiger partial charge is 0.397 e. The Labute approximate surface area is 269 Å². The maximum Gasteiger partial charge on any atom is 0.397 e. The van der Waals surface area contributed by atoms with Gasteiger partial charge in [-0.25, -0.2) is 4.18 Å². The molecular formula is C31H59NO12S. The molecule has 0 aromatic heterocycles. The zero-order valence-corrected chi connectivity index (χ0v) is 27.9. The first-order chi connectivity index (χ1) is 21.4. The number of aliphatic hydroxyl groups excluding tert-OH is 5. The van der Waals surface area contributed by atoms with Gasteiger partial charge in [0.25, 0.3) is 0 Å². The third kappa shape index (κ3) is 18.1. The van der Waals surface area contributed by atoms with E-state index in [-0.39, 0.29) is 6.42 Å². The monoisotopic (exact) mass is 669 g/mol. The van der Waals surface area contributed by atoms with Crippen LogP contribution in [0.2, 0.25) is 0 Å². The van der Waals surface area contributed by atoms with Gasteiger partial charge in [0, 0.05) is 0 Å². The lowest BCUT2D eigenvalue weighted by molar-refractivity contribution is -0.298. The first kappa shape index (κ1) is 41.8. The lowest BCUT2D eigenvalue weighted by Crippen LogP contribution is -2.61. The number of hydrogen-bond donors (Lipinski definition) is 7. The number of carbonyl (C=O) groups is 1. The molecule has 1 aliphatic rings. The molecule has 1 saturated heterocycles. The van der Waals surface area contributed by atoms with Gasteiger partial charge in [0.05, 0.1) is 25.4 Å². The highest BCUT2D eigenvalue weighted by Crippen LogP contribution is 2.26. The standard InChI is InChI=1S/C31H59NO12S/c1-3-5-7-9-11-12-14-16-18-20-25(35)30(38)32-23(24(34)19-17-15-13-10-8-6-4-2)22-42-31-28(37)29(44-45(39,40)41)27(36)26(21-33)43-31/h9,11,23-29,31,33-37H,3-8,10,12-22H2,1-2H3,(H,32,38)(H,39,40,41)/b11-9-. The zero-order valence-electron chi connectivity index (χ0n) is 27.0. The van der Waals surface area contributed by atoms with E-state index in [2.05, 4.69) is 35.5 Å². The normalized spacial score (nSPS) is 24.5. The van der Waals surface area contributed by atoms with Crippen LogP contribution in [0.4, 0.5) is 0 Å². The molecule has 0 bridgehead atoms. The number of hydrogen-bond acceptors (Lipinski definition) is 11. The molecule has 0 aliphatic carbocycles. The van der Waals surface area contributed by atoms with Gasteiger partial charge in [-0.3, -0.25) is 9.35 Å². The fraction of sp³-hybridized carbons (Fsp3) is 0.903. The molecule has 266 valence electrons. The summed E-state index contributed by atoms with van der Waals surface area (Å²) in [7, 11) is -5.09. The Morgan fingerprint density at radius 1 is 0.867 bits per heavy atom. The summed E-state index contributed by atoms with van der Waals surface area (Å²) in [6.07, 6.45) is 7.65. The molecule has 0 spiro atoms. The quantitative estimate of drug-likeness (QED) is 0.0403. The second kappa shape index (κ2) is 24.0. The van der Waals surface area contributed by atoms with Crippen molar-refractivity contribution in [3.05, 3.63) is 12.2 Å². The van der Waals surface area contributed by atoms with Crippen LogP contribution in [0.1, 0.15) is 117 Å². The Morgan fingerprint density at radius 3 is 2.07 bits per heavy atom. The maximum absolute atomic E-state index is 12.9. The minimum Gasteiger partial charge on any atom is -0.394 e. The molecule has 0 aromatic carbocycles. The van der Waals surface area contributed by atoms with Gasteiger partial charge in [-0.1, -0.05) is 96.6 Å². The van der Waals surface area contributed by atoms with Crippen LogP contribution in [0.25, 0.3) is 0 Å². The molecule has 14 heteroatoms. The van der Waals surface area contributed by atoms with Gasteiger partial charge < -0.3 is 40.3 Å². The van der Waals surface area contributed by atoms with Gasteiger partial charge in [0.2, 0.25) is 5.91 Å². The van der Waals surface area contributed by atoms with Crippen molar-refractivity contribution in [2.24, 2.45) is 0 Å². The van der Waals surface area contributed by atoms with Crippen molar-refractivity contribution in [1.29, 1.82) is 0 Å². The minimum absolute atomic E-state index is 0.238. The Morgan fingerprint density at radius 2 is 1.44 bits per heavy atom. The van der Waals surface area contributed by atoms with Crippen molar-refractivity contribution in [2.45, 2.75) is 166 Å². The van der Waals surface area contributed by atoms with Crippen molar-refractivity contribution in [3.63, 3.8) is 0 Å². The summed E-state index contributed by atoms with van der Waals surface area (Å²) in [6.45, 7) is 3.08. The van der Waals surface area contributed by atoms with Crippen molar-refractivity contribution in [3.8, 4) is 0 Å². The summed E-state index contributed by atoms with van der Waals surface area (Å²) < 4.78 is 47.0. The number of ether oxygens (including phenoxy) is 2. The van der Waals surface area contributed by atoms with Gasteiger partial charge in [0.15, 0.2) is 6.29 Å². The Balaban J connectivity index is 2.78. The number of allylic oxidation sites excluding steroid dienone is 2. The first-order valence-corrected chi connectivity index (χ1v) is 18.0. The van der Waals surface area contributed by atoms with Gasteiger partial charge in [-0.2, -0.15) is 8.42 Å². The molecule has 8 unspecified atom stereocenters. The fourth-order valence-corrected chi connectivity index (χ4v) is 5.66. The molecule has 1 fully saturated rings. The highest BCUT2D eigenvalue weighted by molar-refractivity contribution is 7.80. The van der Waals surface area contributed by atoms with E-state index in [9.17, 15) is 38.7 Å². The lowest BCUT2D eigenvalue weighted by Gasteiger charge is -2.41. The van der Waals surface area contributed by atoms with Gasteiger partial charge in [0.1, 0.15) is 30.5 Å². The first-order valence-electron chi connectivity index (χ1n) is 16.7. The number of carbonyl (C=O) groups excluding carboxylic acids is 1. The SMILES string of the molecule is CCCC/C=C\CCCCCC(O)C(=O)NC(COC1OC(CO)C(O)C(OS(=O)(=O)O)C1O)C(O)CCCCCCCCC. The molecule has 0 aromatic rings. The van der Waals surface area contributed by atoms with Gasteiger partial charge in [-0.05, 0) is 32.1 Å². The predicted molar refractivity (Wildman–Crippen MR) is 168 cm³/mol. The van der Waals surface area contributed by atoms with E-state index in [1.807, 2.05) is 0 Å². The van der Waals surface area contributed by atoms with Crippen molar-refractivity contribution >= 4 is 16.3 Å². The lowest BCUT2D eigenvalue weighted by atomic mass is 9.99. The molecule has 0 saturated carbocycles. The Kier molecular flexibility index (Phi) is 22.3. The summed E-state index contributed by atoms with van der Waals surface area (Å²) in [5.74, 6) is -0.692. The van der Waals surface area contributed by atoms with E-state index in [0.29, 0.717) is 19.3 Å². The van der Waals surface area contributed by atoms with Crippen LogP contribution in [0.3, 0.4) is 0 Å². The number of rotatable bonds is 26. The third-order valence-electron chi connectivity index (χ3n) is 7.93. The highest BCUT2D eigenvalue weighted by atomic mass is 32.3. The van der Waals surface area contributed by atoms with E-state index >= 15 is 0 Å². The summed E-state index contributed by atoms with van der Waals surface area (Å²) >= 11 is 0. The molecule has 1 rings (SSSR count). The highest BCUT2D eigenvalue weighted by Gasteiger charge is 2.48. The Hall–Kier alpha value is -1.20. The molecule has 13 nitrogen and oxygen atoms in total. The maximum atomic E-state index is 12.9. The summed E-state index contributed by atoms with van der Waals surface area (Å²) in [5.41, 5.74) is 0. The molecular weight excluding hydrogens is 610 g/mol. The van der Waals surface area contributed by atoms with E-state index in [4.69, 9.17) is 14.0 Å². The third-order valence-corrected chi connectivity index (χ3v) is 8.40. The molecule has 1 aliphatic heterocycles. The molecule has 0 radical (unpaired) electrons. The number of aliphatic hydroxyl groups is 5. The van der Waals surface area contributed by atoms with Crippen LogP contribution in [0.5, 0.6) is 0 Å². The number of amides is 1. The van der Waals surface area contributed by atoms with E-state index in [1.165, 1.54) is 12.8 Å². The van der Waals surface area contributed by atoms with E-state index in [0.717, 1.165) is 64.2 Å². The minimum atomic E-state index is -5.09. The van der Waals surface area contributed by atoms with Crippen molar-refractivity contribution < 1.29 is 57.0 Å². The van der Waals surface area contributed by atoms with Crippen LogP contribution < -0.4 is 5.32 Å². The van der Waals surface area contributed by atoms with E-state index in [1.54, 1.807) is 0 Å². The molecule has 1 heterocycles. The van der Waals surface area contributed by atoms with Gasteiger partial charge in [-0.15, -0.1) is 0 Å². The van der Waals surface area contributed by atoms with Crippen LogP contribution in [0, 0.1) is 0 Å².